The van der Waals surface area contributed by atoms with Crippen molar-refractivity contribution in [3.63, 3.8) is 0 Å². The molecule has 1 saturated carbocycles. The highest BCUT2D eigenvalue weighted by atomic mass is 32.1. The van der Waals surface area contributed by atoms with Crippen LogP contribution in [-0.2, 0) is 20.9 Å². The first-order valence-electron chi connectivity index (χ1n) is 9.59. The lowest BCUT2D eigenvalue weighted by atomic mass is 9.82. The molecular formula is C19H28N2O3S. The number of carbonyl (C=O) groups excluding carboxylic acids is 1. The molecule has 4 rings (SSSR count). The molecule has 3 fully saturated rings. The molecule has 3 aliphatic rings. The van der Waals surface area contributed by atoms with Gasteiger partial charge in [-0.05, 0) is 26.2 Å². The first kappa shape index (κ1) is 17.4. The van der Waals surface area contributed by atoms with Crippen molar-refractivity contribution in [2.75, 3.05) is 19.7 Å². The number of hydrogen-bond donors (Lipinski definition) is 0. The van der Waals surface area contributed by atoms with E-state index in [9.17, 15) is 4.79 Å². The lowest BCUT2D eigenvalue weighted by Crippen LogP contribution is -2.68. The molecule has 3 heterocycles. The van der Waals surface area contributed by atoms with Crippen LogP contribution >= 0.6 is 11.3 Å². The largest absolute Gasteiger partial charge is 0.372 e. The van der Waals surface area contributed by atoms with E-state index in [0.29, 0.717) is 12.5 Å². The van der Waals surface area contributed by atoms with Gasteiger partial charge in [0.2, 0.25) is 5.91 Å². The number of hydrogen-bond acceptors (Lipinski definition) is 5. The average Bonchev–Trinajstić information content (AvgIpc) is 3.03. The third kappa shape index (κ3) is 3.91. The van der Waals surface area contributed by atoms with Crippen LogP contribution in [0.2, 0.25) is 0 Å². The van der Waals surface area contributed by atoms with Gasteiger partial charge in [0, 0.05) is 24.3 Å². The van der Waals surface area contributed by atoms with Crippen molar-refractivity contribution < 1.29 is 14.3 Å². The van der Waals surface area contributed by atoms with E-state index in [1.807, 2.05) is 11.8 Å². The maximum atomic E-state index is 12.6. The lowest BCUT2D eigenvalue weighted by Gasteiger charge is -2.53. The van der Waals surface area contributed by atoms with Gasteiger partial charge in [0.15, 0.2) is 0 Å². The number of rotatable bonds is 4. The van der Waals surface area contributed by atoms with Crippen LogP contribution in [0.1, 0.15) is 55.6 Å². The van der Waals surface area contributed by atoms with Crippen LogP contribution in [0.4, 0.5) is 0 Å². The monoisotopic (exact) mass is 364 g/mol. The van der Waals surface area contributed by atoms with E-state index in [0.717, 1.165) is 56.1 Å². The lowest BCUT2D eigenvalue weighted by molar-refractivity contribution is -0.204. The van der Waals surface area contributed by atoms with Gasteiger partial charge in [-0.15, -0.1) is 11.3 Å². The van der Waals surface area contributed by atoms with E-state index in [-0.39, 0.29) is 17.6 Å². The first-order valence-corrected chi connectivity index (χ1v) is 10.5. The van der Waals surface area contributed by atoms with Gasteiger partial charge in [-0.3, -0.25) is 4.79 Å². The number of aromatic nitrogens is 1. The van der Waals surface area contributed by atoms with Crippen molar-refractivity contribution in [1.29, 1.82) is 0 Å². The number of nitrogens with zero attached hydrogens (tertiary/aromatic N) is 2. The second-order valence-electron chi connectivity index (χ2n) is 7.84. The van der Waals surface area contributed by atoms with E-state index in [1.165, 1.54) is 19.3 Å². The average molecular weight is 365 g/mol. The molecule has 0 unspecified atom stereocenters. The molecular weight excluding hydrogens is 336 g/mol. The molecule has 2 aliphatic heterocycles. The van der Waals surface area contributed by atoms with E-state index >= 15 is 0 Å². The van der Waals surface area contributed by atoms with Crippen LogP contribution in [0.3, 0.4) is 0 Å². The molecule has 1 atom stereocenters. The van der Waals surface area contributed by atoms with Crippen LogP contribution in [0.15, 0.2) is 5.38 Å². The van der Waals surface area contributed by atoms with Crippen LogP contribution in [-0.4, -0.2) is 47.2 Å². The van der Waals surface area contributed by atoms with Gasteiger partial charge in [-0.1, -0.05) is 19.3 Å². The molecule has 5 nitrogen and oxygen atoms in total. The van der Waals surface area contributed by atoms with Gasteiger partial charge in [0.05, 0.1) is 36.5 Å². The van der Waals surface area contributed by atoms with Crippen molar-refractivity contribution in [3.05, 3.63) is 16.1 Å². The predicted molar refractivity (Wildman–Crippen MR) is 96.5 cm³/mol. The summed E-state index contributed by atoms with van der Waals surface area (Å²) in [7, 11) is 0. The third-order valence-electron chi connectivity index (χ3n) is 5.81. The molecule has 1 aromatic heterocycles. The molecule has 1 amide bonds. The number of amides is 1. The summed E-state index contributed by atoms with van der Waals surface area (Å²) in [5.41, 5.74) is 0.858. The molecule has 0 bridgehead atoms. The first-order chi connectivity index (χ1) is 12.1. The van der Waals surface area contributed by atoms with E-state index < -0.39 is 0 Å². The molecule has 0 aromatic carbocycles. The molecule has 6 heteroatoms. The predicted octanol–water partition coefficient (Wildman–Crippen LogP) is 3.31. The van der Waals surface area contributed by atoms with Crippen molar-refractivity contribution in [2.24, 2.45) is 5.92 Å². The van der Waals surface area contributed by atoms with Gasteiger partial charge in [-0.25, -0.2) is 4.98 Å². The normalized spacial score (nSPS) is 26.6. The van der Waals surface area contributed by atoms with Crippen LogP contribution in [0.25, 0.3) is 0 Å². The zero-order chi connectivity index (χ0) is 17.3. The minimum Gasteiger partial charge on any atom is -0.372 e. The fourth-order valence-electron chi connectivity index (χ4n) is 4.44. The molecule has 2 saturated heterocycles. The Balaban J connectivity index is 1.26. The van der Waals surface area contributed by atoms with Gasteiger partial charge < -0.3 is 14.4 Å². The summed E-state index contributed by atoms with van der Waals surface area (Å²) in [6.45, 7) is 4.82. The summed E-state index contributed by atoms with van der Waals surface area (Å²) in [5, 5.41) is 3.15. The zero-order valence-electron chi connectivity index (χ0n) is 15.0. The molecule has 1 aliphatic carbocycles. The van der Waals surface area contributed by atoms with E-state index in [2.05, 4.69) is 10.4 Å². The summed E-state index contributed by atoms with van der Waals surface area (Å²) < 4.78 is 12.2. The highest BCUT2D eigenvalue weighted by molar-refractivity contribution is 7.09. The molecule has 1 spiro atoms. The summed E-state index contributed by atoms with van der Waals surface area (Å²) in [6, 6.07) is 0. The van der Waals surface area contributed by atoms with Crippen LogP contribution in [0.5, 0.6) is 0 Å². The number of ether oxygens (including phenoxy) is 2. The highest BCUT2D eigenvalue weighted by Gasteiger charge is 2.50. The minimum atomic E-state index is -0.161. The fourth-order valence-corrected chi connectivity index (χ4v) is 5.03. The SMILES string of the molecule is Cc1nc(CO[C@@H]2CCOC3(C2)CN(C(=O)C2CCCCC2)C3)cs1. The number of carbonyl (C=O) groups is 1. The number of aryl methyl sites for hydroxylation is 1. The number of thiazole rings is 1. The fraction of sp³-hybridized carbons (Fsp3) is 0.789. The molecule has 138 valence electrons. The smallest absolute Gasteiger partial charge is 0.225 e. The Morgan fingerprint density at radius 2 is 2.16 bits per heavy atom. The molecule has 1 aromatic rings. The highest BCUT2D eigenvalue weighted by Crippen LogP contribution is 2.37. The zero-order valence-corrected chi connectivity index (χ0v) is 15.9. The summed E-state index contributed by atoms with van der Waals surface area (Å²) in [5.74, 6) is 0.615. The van der Waals surface area contributed by atoms with Gasteiger partial charge in [0.25, 0.3) is 0 Å². The summed E-state index contributed by atoms with van der Waals surface area (Å²) in [6.07, 6.45) is 7.88. The second-order valence-corrected chi connectivity index (χ2v) is 8.91. The summed E-state index contributed by atoms with van der Waals surface area (Å²) >= 11 is 1.66. The Labute approximate surface area is 153 Å². The standard InChI is InChI=1S/C19H28N2O3S/c1-14-20-16(11-25-14)10-23-17-7-8-24-19(9-17)12-21(13-19)18(22)15-5-3-2-4-6-15/h11,15,17H,2-10,12-13H2,1H3/t17-/m1/s1. The van der Waals surface area contributed by atoms with Gasteiger partial charge >= 0.3 is 0 Å². The minimum absolute atomic E-state index is 0.161. The maximum absolute atomic E-state index is 12.6. The van der Waals surface area contributed by atoms with Gasteiger partial charge in [-0.2, -0.15) is 0 Å². The maximum Gasteiger partial charge on any atom is 0.225 e. The van der Waals surface area contributed by atoms with Crippen molar-refractivity contribution >= 4 is 17.2 Å². The third-order valence-corrected chi connectivity index (χ3v) is 6.63. The quantitative estimate of drug-likeness (QED) is 0.822. The van der Waals surface area contributed by atoms with Crippen molar-refractivity contribution in [3.8, 4) is 0 Å². The Bertz CT molecular complexity index is 606. The number of likely N-dealkylation sites (tertiary alicyclic amines) is 1. The van der Waals surface area contributed by atoms with Crippen LogP contribution in [0, 0.1) is 12.8 Å². The molecule has 0 radical (unpaired) electrons. The Hall–Kier alpha value is -0.980. The van der Waals surface area contributed by atoms with E-state index in [4.69, 9.17) is 9.47 Å². The second kappa shape index (κ2) is 7.33. The topological polar surface area (TPSA) is 51.7 Å². The van der Waals surface area contributed by atoms with Crippen molar-refractivity contribution in [1.82, 2.24) is 9.88 Å². The Kier molecular flexibility index (Phi) is 5.11. The van der Waals surface area contributed by atoms with Crippen LogP contribution < -0.4 is 0 Å². The Morgan fingerprint density at radius 1 is 1.36 bits per heavy atom. The van der Waals surface area contributed by atoms with Gasteiger partial charge in [0.1, 0.15) is 5.60 Å². The van der Waals surface area contributed by atoms with Crippen molar-refractivity contribution in [2.45, 2.75) is 70.2 Å². The molecule has 25 heavy (non-hydrogen) atoms. The molecule has 0 N–H and O–H groups in total. The summed E-state index contributed by atoms with van der Waals surface area (Å²) in [4.78, 5) is 19.1. The van der Waals surface area contributed by atoms with E-state index in [1.54, 1.807) is 11.3 Å². The Morgan fingerprint density at radius 3 is 2.88 bits per heavy atom.